The number of nitrogens with zero attached hydrogens (tertiary/aromatic N) is 1. The molecule has 0 bridgehead atoms. The van der Waals surface area contributed by atoms with Crippen molar-refractivity contribution < 1.29 is 19.1 Å². The van der Waals surface area contributed by atoms with Crippen molar-refractivity contribution in [3.8, 4) is 11.5 Å². The summed E-state index contributed by atoms with van der Waals surface area (Å²) in [7, 11) is 0. The average molecular weight is 384 g/mol. The van der Waals surface area contributed by atoms with Gasteiger partial charge in [0, 0.05) is 29.6 Å². The van der Waals surface area contributed by atoms with Crippen LogP contribution in [0.3, 0.4) is 0 Å². The van der Waals surface area contributed by atoms with Gasteiger partial charge in [0.1, 0.15) is 13.2 Å². The monoisotopic (exact) mass is 384 g/mol. The number of hydrogen-bond acceptors (Lipinski definition) is 5. The molecule has 2 amide bonds. The van der Waals surface area contributed by atoms with E-state index in [1.54, 1.807) is 28.8 Å². The molecule has 1 atom stereocenters. The van der Waals surface area contributed by atoms with E-state index in [1.807, 2.05) is 36.6 Å². The SMILES string of the molecule is CSc1ccccc1NC(=O)[C@H]1CC(=O)N(c2ccc3c(c2)OCCO3)C1. The third-order valence-electron chi connectivity index (χ3n) is 4.70. The molecule has 27 heavy (non-hydrogen) atoms. The summed E-state index contributed by atoms with van der Waals surface area (Å²) in [5, 5.41) is 2.96. The first kappa shape index (κ1) is 17.7. The minimum absolute atomic E-state index is 0.0648. The highest BCUT2D eigenvalue weighted by Crippen LogP contribution is 2.36. The minimum atomic E-state index is -0.388. The highest BCUT2D eigenvalue weighted by atomic mass is 32.2. The number of anilines is 2. The Morgan fingerprint density at radius 2 is 1.93 bits per heavy atom. The number of rotatable bonds is 4. The molecule has 0 aliphatic carbocycles. The van der Waals surface area contributed by atoms with Crippen molar-refractivity contribution >= 4 is 35.0 Å². The number of thioether (sulfide) groups is 1. The zero-order valence-electron chi connectivity index (χ0n) is 14.9. The van der Waals surface area contributed by atoms with E-state index < -0.39 is 0 Å². The lowest BCUT2D eigenvalue weighted by molar-refractivity contribution is -0.122. The number of amides is 2. The first-order valence-electron chi connectivity index (χ1n) is 8.79. The maximum Gasteiger partial charge on any atom is 0.229 e. The van der Waals surface area contributed by atoms with Gasteiger partial charge < -0.3 is 19.7 Å². The Hall–Kier alpha value is -2.67. The van der Waals surface area contributed by atoms with Crippen molar-refractivity contribution in [2.24, 2.45) is 5.92 Å². The fourth-order valence-electron chi connectivity index (χ4n) is 3.32. The van der Waals surface area contributed by atoms with Gasteiger partial charge in [-0.3, -0.25) is 9.59 Å². The topological polar surface area (TPSA) is 67.9 Å². The molecule has 2 aromatic rings. The van der Waals surface area contributed by atoms with Crippen molar-refractivity contribution in [2.45, 2.75) is 11.3 Å². The first-order chi connectivity index (χ1) is 13.2. The molecule has 0 aromatic heterocycles. The zero-order chi connectivity index (χ0) is 18.8. The largest absolute Gasteiger partial charge is 0.486 e. The lowest BCUT2D eigenvalue weighted by Gasteiger charge is -2.22. The van der Waals surface area contributed by atoms with Gasteiger partial charge in [0.2, 0.25) is 11.8 Å². The summed E-state index contributed by atoms with van der Waals surface area (Å²) in [6.07, 6.45) is 2.16. The number of para-hydroxylation sites is 1. The van der Waals surface area contributed by atoms with Crippen LogP contribution in [-0.4, -0.2) is 37.8 Å². The van der Waals surface area contributed by atoms with Gasteiger partial charge in [0.05, 0.1) is 11.6 Å². The molecule has 6 nitrogen and oxygen atoms in total. The molecule has 7 heteroatoms. The molecular formula is C20H20N2O4S. The maximum absolute atomic E-state index is 12.7. The van der Waals surface area contributed by atoms with Crippen LogP contribution < -0.4 is 19.7 Å². The second kappa shape index (κ2) is 7.52. The van der Waals surface area contributed by atoms with E-state index in [-0.39, 0.29) is 24.2 Å². The van der Waals surface area contributed by atoms with Crippen LogP contribution in [0.15, 0.2) is 47.4 Å². The Morgan fingerprint density at radius 3 is 2.74 bits per heavy atom. The Bertz CT molecular complexity index is 886. The van der Waals surface area contributed by atoms with Crippen molar-refractivity contribution in [1.82, 2.24) is 0 Å². The molecule has 0 spiro atoms. The second-order valence-electron chi connectivity index (χ2n) is 6.42. The number of carbonyl (C=O) groups excluding carboxylic acids is 2. The van der Waals surface area contributed by atoms with Gasteiger partial charge in [-0.05, 0) is 30.5 Å². The van der Waals surface area contributed by atoms with E-state index in [9.17, 15) is 9.59 Å². The predicted octanol–water partition coefficient (Wildman–Crippen LogP) is 3.17. The number of ether oxygens (including phenoxy) is 2. The van der Waals surface area contributed by atoms with E-state index in [0.29, 0.717) is 31.3 Å². The van der Waals surface area contributed by atoms with Crippen LogP contribution in [0.1, 0.15) is 6.42 Å². The third-order valence-corrected chi connectivity index (χ3v) is 5.49. The second-order valence-corrected chi connectivity index (χ2v) is 7.27. The zero-order valence-corrected chi connectivity index (χ0v) is 15.8. The molecule has 0 radical (unpaired) electrons. The van der Waals surface area contributed by atoms with Crippen LogP contribution in [-0.2, 0) is 9.59 Å². The normalized spacial score (nSPS) is 18.5. The van der Waals surface area contributed by atoms with Gasteiger partial charge in [-0.25, -0.2) is 0 Å². The Labute approximate surface area is 161 Å². The lowest BCUT2D eigenvalue weighted by Crippen LogP contribution is -2.28. The van der Waals surface area contributed by atoms with E-state index in [1.165, 1.54) is 0 Å². The van der Waals surface area contributed by atoms with Crippen molar-refractivity contribution in [3.05, 3.63) is 42.5 Å². The molecular weight excluding hydrogens is 364 g/mol. The van der Waals surface area contributed by atoms with Gasteiger partial charge in [0.15, 0.2) is 11.5 Å². The lowest BCUT2D eigenvalue weighted by atomic mass is 10.1. The fourth-order valence-corrected chi connectivity index (χ4v) is 3.87. The van der Waals surface area contributed by atoms with Gasteiger partial charge >= 0.3 is 0 Å². The Balaban J connectivity index is 1.48. The highest BCUT2D eigenvalue weighted by Gasteiger charge is 2.35. The third kappa shape index (κ3) is 3.60. The van der Waals surface area contributed by atoms with Gasteiger partial charge in [-0.2, -0.15) is 0 Å². The molecule has 2 heterocycles. The van der Waals surface area contributed by atoms with E-state index >= 15 is 0 Å². The standard InChI is InChI=1S/C20H20N2O4S/c1-27-18-5-3-2-4-15(18)21-20(24)13-10-19(23)22(12-13)14-6-7-16-17(11-14)26-9-8-25-16/h2-7,11,13H,8-10,12H2,1H3,(H,21,24)/t13-/m0/s1. The van der Waals surface area contributed by atoms with Crippen LogP contribution in [0.25, 0.3) is 0 Å². The number of benzene rings is 2. The number of hydrogen-bond donors (Lipinski definition) is 1. The molecule has 0 saturated carbocycles. The summed E-state index contributed by atoms with van der Waals surface area (Å²) < 4.78 is 11.1. The van der Waals surface area contributed by atoms with Crippen LogP contribution in [0.2, 0.25) is 0 Å². The average Bonchev–Trinajstić information content (AvgIpc) is 3.10. The van der Waals surface area contributed by atoms with Crippen molar-refractivity contribution in [2.75, 3.05) is 36.2 Å². The predicted molar refractivity (Wildman–Crippen MR) is 105 cm³/mol. The summed E-state index contributed by atoms with van der Waals surface area (Å²) in [5.41, 5.74) is 1.50. The summed E-state index contributed by atoms with van der Waals surface area (Å²) >= 11 is 1.57. The van der Waals surface area contributed by atoms with Crippen molar-refractivity contribution in [1.29, 1.82) is 0 Å². The van der Waals surface area contributed by atoms with E-state index in [4.69, 9.17) is 9.47 Å². The summed E-state index contributed by atoms with van der Waals surface area (Å²) in [6.45, 7) is 1.37. The summed E-state index contributed by atoms with van der Waals surface area (Å²) in [4.78, 5) is 27.8. The molecule has 140 valence electrons. The molecule has 2 aliphatic rings. The molecule has 2 aromatic carbocycles. The Kier molecular flexibility index (Phi) is 4.94. The molecule has 1 N–H and O–H groups in total. The number of fused-ring (bicyclic) bond motifs is 1. The van der Waals surface area contributed by atoms with E-state index in [2.05, 4.69) is 5.32 Å². The quantitative estimate of drug-likeness (QED) is 0.820. The molecule has 1 saturated heterocycles. The smallest absolute Gasteiger partial charge is 0.229 e. The van der Waals surface area contributed by atoms with Gasteiger partial charge in [0.25, 0.3) is 0 Å². The van der Waals surface area contributed by atoms with Crippen molar-refractivity contribution in [3.63, 3.8) is 0 Å². The van der Waals surface area contributed by atoms with Crippen LogP contribution in [0, 0.1) is 5.92 Å². The highest BCUT2D eigenvalue weighted by molar-refractivity contribution is 7.98. The Morgan fingerprint density at radius 1 is 1.15 bits per heavy atom. The van der Waals surface area contributed by atoms with Crippen LogP contribution in [0.4, 0.5) is 11.4 Å². The molecule has 4 rings (SSSR count). The number of carbonyl (C=O) groups is 2. The molecule has 1 fully saturated rings. The number of nitrogens with one attached hydrogen (secondary N) is 1. The maximum atomic E-state index is 12.7. The summed E-state index contributed by atoms with van der Waals surface area (Å²) in [5.74, 6) is 0.725. The minimum Gasteiger partial charge on any atom is -0.486 e. The molecule has 2 aliphatic heterocycles. The van der Waals surface area contributed by atoms with Gasteiger partial charge in [-0.15, -0.1) is 11.8 Å². The van der Waals surface area contributed by atoms with Crippen LogP contribution in [0.5, 0.6) is 11.5 Å². The van der Waals surface area contributed by atoms with E-state index in [0.717, 1.165) is 16.3 Å². The van der Waals surface area contributed by atoms with Crippen LogP contribution >= 0.6 is 11.8 Å². The first-order valence-corrected chi connectivity index (χ1v) is 10.0. The fraction of sp³-hybridized carbons (Fsp3) is 0.300. The molecule has 0 unspecified atom stereocenters. The summed E-state index contributed by atoms with van der Waals surface area (Å²) in [6, 6.07) is 13.1. The van der Waals surface area contributed by atoms with Gasteiger partial charge in [-0.1, -0.05) is 12.1 Å².